The van der Waals surface area contributed by atoms with Crippen LogP contribution in [0.2, 0.25) is 0 Å². The van der Waals surface area contributed by atoms with E-state index in [-0.39, 0.29) is 65.0 Å². The minimum atomic E-state index is 0. The molecule has 0 aliphatic carbocycles. The minimum absolute atomic E-state index is 0. The van der Waals surface area contributed by atoms with E-state index < -0.39 is 0 Å². The first-order valence-electron chi connectivity index (χ1n) is 0. The van der Waals surface area contributed by atoms with Crippen molar-refractivity contribution in [3.05, 3.63) is 0 Å². The molecule has 0 saturated heterocycles. The maximum Gasteiger partial charge on any atom is 3.00 e. The Kier molecular flexibility index (Phi) is 861. The molecule has 0 unspecified atom stereocenters. The van der Waals surface area contributed by atoms with Crippen LogP contribution in [0, 0.1) is 0 Å². The van der Waals surface area contributed by atoms with Crippen LogP contribution in [0.1, 0.15) is 0 Å². The van der Waals surface area contributed by atoms with Crippen LogP contribution in [0.15, 0.2) is 0 Å². The Balaban J connectivity index is 0. The molecule has 0 aliphatic rings. The van der Waals surface area contributed by atoms with Crippen molar-refractivity contribution in [3.8, 4) is 0 Å². The van der Waals surface area contributed by atoms with Gasteiger partial charge in [-0.3, -0.25) is 0 Å². The van der Waals surface area contributed by atoms with Crippen molar-refractivity contribution >= 4 is 26.2 Å². The Bertz CT molecular complexity index is 6.85. The summed E-state index contributed by atoms with van der Waals surface area (Å²) in [5.74, 6) is 0. The molecule has 5 heavy (non-hydrogen) atoms. The van der Waals surface area contributed by atoms with Crippen LogP contribution in [0.3, 0.4) is 0 Å². The number of rotatable bonds is 0. The van der Waals surface area contributed by atoms with Crippen LogP contribution < -0.4 is 0 Å². The fourth-order valence-corrected chi connectivity index (χ4v) is 0. The third-order valence-electron chi connectivity index (χ3n) is 0. The van der Waals surface area contributed by atoms with Crippen molar-refractivity contribution in [2.75, 3.05) is 0 Å². The predicted molar refractivity (Wildman–Crippen MR) is 7.81 cm³/mol. The number of hydrogen-bond donors (Lipinski definition) is 0. The summed E-state index contributed by atoms with van der Waals surface area (Å²) in [6, 6.07) is 0. The summed E-state index contributed by atoms with van der Waals surface area (Å²) >= 11 is 0. The molecule has 0 aromatic heterocycles. The first-order chi connectivity index (χ1) is 0. The van der Waals surface area contributed by atoms with Crippen molar-refractivity contribution in [1.82, 2.24) is 0 Å². The van der Waals surface area contributed by atoms with Crippen LogP contribution in [0.5, 0.6) is 0 Å². The van der Waals surface area contributed by atoms with Crippen molar-refractivity contribution in [3.63, 3.8) is 0 Å². The third-order valence-corrected chi connectivity index (χ3v) is 0. The molecule has 0 spiro atoms. The summed E-state index contributed by atoms with van der Waals surface area (Å²) in [4.78, 5) is 0. The summed E-state index contributed by atoms with van der Waals surface area (Å²) in [5, 5.41) is 0. The van der Waals surface area contributed by atoms with Gasteiger partial charge in [0.25, 0.3) is 0 Å². The molecule has 5 heteroatoms. The van der Waals surface area contributed by atoms with Crippen LogP contribution >= 0.6 is 0 Å². The van der Waals surface area contributed by atoms with Gasteiger partial charge in [0, 0.05) is 0 Å². The van der Waals surface area contributed by atoms with Gasteiger partial charge in [0.15, 0.2) is 0 Å². The van der Waals surface area contributed by atoms with E-state index >= 15 is 0 Å². The van der Waals surface area contributed by atoms with Gasteiger partial charge in [-0.05, 0) is 0 Å². The molecule has 0 heterocycles. The first-order valence-corrected chi connectivity index (χ1v) is 0. The van der Waals surface area contributed by atoms with E-state index in [2.05, 4.69) is 0 Å². The van der Waals surface area contributed by atoms with Gasteiger partial charge in [0.1, 0.15) is 0 Å². The first kappa shape index (κ1) is 87.1. The number of hydrogen-bond acceptors (Lipinski definition) is 0. The largest absolute Gasteiger partial charge is 3.00 e. The fraction of sp³-hybridized carbons (Fsp3) is 0. The van der Waals surface area contributed by atoms with Crippen molar-refractivity contribution in [2.24, 2.45) is 0 Å². The molecule has 0 saturated carbocycles. The summed E-state index contributed by atoms with van der Waals surface area (Å²) in [6.45, 7) is 0. The molecule has 3 nitrogen and oxygen atoms in total. The maximum absolute atomic E-state index is 0. The summed E-state index contributed by atoms with van der Waals surface area (Å²) in [7, 11) is 0. The average molecular weight is 454 g/mol. The van der Waals surface area contributed by atoms with Crippen LogP contribution in [0.4, 0.5) is 0 Å². The van der Waals surface area contributed by atoms with Crippen LogP contribution in [-0.2, 0) is 38.8 Å². The van der Waals surface area contributed by atoms with E-state index in [0.29, 0.717) is 0 Å². The zero-order valence-corrected chi connectivity index (χ0v) is 7.62. The van der Waals surface area contributed by atoms with Gasteiger partial charge >= 0.3 is 48.6 Å². The van der Waals surface area contributed by atoms with E-state index in [0.717, 1.165) is 0 Å². The summed E-state index contributed by atoms with van der Waals surface area (Å²) < 4.78 is 0. The van der Waals surface area contributed by atoms with Crippen molar-refractivity contribution < 1.29 is 38.8 Å². The van der Waals surface area contributed by atoms with Gasteiger partial charge in [-0.1, -0.05) is 0 Å². The van der Waals surface area contributed by atoms with E-state index in [1.54, 1.807) is 0 Å². The van der Waals surface area contributed by atoms with Gasteiger partial charge in [-0.15, -0.1) is 0 Å². The predicted octanol–water partition coefficient (Wildman–Crippen LogP) is -0.740. The van der Waals surface area contributed by atoms with Gasteiger partial charge in [0.2, 0.25) is 0 Å². The van der Waals surface area contributed by atoms with E-state index in [9.17, 15) is 0 Å². The maximum atomic E-state index is 0. The molecule has 0 aliphatic heterocycles. The fourth-order valence-electron chi connectivity index (χ4n) is 0. The summed E-state index contributed by atoms with van der Waals surface area (Å²) in [5.41, 5.74) is 0. The summed E-state index contributed by atoms with van der Waals surface area (Å²) in [6.07, 6.45) is 0. The SMILES string of the molecule is [Au+3].[Bi+3].[O-2].[O-2].[O-2]. The average Bonchev–Trinajstić information content (AvgIpc) is 0. The normalized spacial score (nSPS) is 0. The Hall–Kier alpha value is 1.50. The van der Waals surface area contributed by atoms with Crippen LogP contribution in [0.25, 0.3) is 0 Å². The Morgan fingerprint density at radius 1 is 0.600 bits per heavy atom. The van der Waals surface area contributed by atoms with Gasteiger partial charge in [-0.2, -0.15) is 0 Å². The molecular weight excluding hydrogens is 454 g/mol. The molecule has 0 amide bonds. The molecular formula is AuBiO3. The molecule has 0 N–H and O–H groups in total. The zero-order valence-electron chi connectivity index (χ0n) is 1.97. The monoisotopic (exact) mass is 454 g/mol. The molecule has 0 rings (SSSR count). The zero-order chi connectivity index (χ0) is 0. The van der Waals surface area contributed by atoms with Gasteiger partial charge in [-0.25, -0.2) is 0 Å². The third kappa shape index (κ3) is 29.9. The minimum Gasteiger partial charge on any atom is -2.00 e. The van der Waals surface area contributed by atoms with Gasteiger partial charge in [0.05, 0.1) is 0 Å². The molecule has 2 radical (unpaired) electrons. The van der Waals surface area contributed by atoms with E-state index in [1.807, 2.05) is 0 Å². The Morgan fingerprint density at radius 2 is 0.600 bits per heavy atom. The molecule has 0 atom stereocenters. The second kappa shape index (κ2) is 49.4. The van der Waals surface area contributed by atoms with Crippen LogP contribution in [-0.4, -0.2) is 26.2 Å². The van der Waals surface area contributed by atoms with E-state index in [1.165, 1.54) is 0 Å². The Morgan fingerprint density at radius 3 is 0.600 bits per heavy atom. The molecule has 34 valence electrons. The molecule has 0 fully saturated rings. The Labute approximate surface area is 64.7 Å². The molecule has 0 aromatic carbocycles. The smallest absolute Gasteiger partial charge is 2.00 e. The quantitative estimate of drug-likeness (QED) is 0.433. The van der Waals surface area contributed by atoms with Gasteiger partial charge < -0.3 is 16.4 Å². The topological polar surface area (TPSA) is 85.5 Å². The second-order valence-corrected chi connectivity index (χ2v) is 0. The second-order valence-electron chi connectivity index (χ2n) is 0. The van der Waals surface area contributed by atoms with Crippen molar-refractivity contribution in [1.29, 1.82) is 0 Å². The molecule has 0 bridgehead atoms. The van der Waals surface area contributed by atoms with Crippen molar-refractivity contribution in [2.45, 2.75) is 0 Å². The standard InChI is InChI=1S/Au.Bi.3O/q2*+3;3*-2. The molecule has 0 aromatic rings. The van der Waals surface area contributed by atoms with E-state index in [4.69, 9.17) is 0 Å².